The molecule has 0 spiro atoms. The molecule has 4 rings (SSSR count). The molecule has 0 fully saturated rings. The number of amides is 1. The molecule has 1 aliphatic rings. The minimum atomic E-state index is -0.0314. The van der Waals surface area contributed by atoms with E-state index in [1.165, 1.54) is 11.3 Å². The van der Waals surface area contributed by atoms with Gasteiger partial charge in [-0.25, -0.2) is 0 Å². The van der Waals surface area contributed by atoms with Crippen LogP contribution in [0.1, 0.15) is 27.3 Å². The van der Waals surface area contributed by atoms with Crippen LogP contribution in [-0.4, -0.2) is 24.1 Å². The second kappa shape index (κ2) is 7.90. The van der Waals surface area contributed by atoms with Crippen LogP contribution in [0.15, 0.2) is 54.6 Å². The third-order valence-corrected chi connectivity index (χ3v) is 5.36. The number of ether oxygens (including phenoxy) is 1. The van der Waals surface area contributed by atoms with Gasteiger partial charge in [0.05, 0.1) is 7.11 Å². The van der Waals surface area contributed by atoms with Gasteiger partial charge >= 0.3 is 0 Å². The van der Waals surface area contributed by atoms with Crippen LogP contribution in [0.2, 0.25) is 0 Å². The highest BCUT2D eigenvalue weighted by atomic mass is 16.5. The molecule has 2 aromatic carbocycles. The van der Waals surface area contributed by atoms with Crippen molar-refractivity contribution in [1.82, 2.24) is 15.2 Å². The van der Waals surface area contributed by atoms with Gasteiger partial charge in [-0.3, -0.25) is 4.79 Å². The summed E-state index contributed by atoms with van der Waals surface area (Å²) >= 11 is 0. The number of carbonyl (C=O) groups excluding carboxylic acids is 1. The lowest BCUT2D eigenvalue weighted by atomic mass is 10.0. The van der Waals surface area contributed by atoms with Crippen LogP contribution in [0, 0.1) is 0 Å². The normalized spacial score (nSPS) is 13.1. The Hall–Kier alpha value is -3.05. The molecule has 0 saturated carbocycles. The summed E-state index contributed by atoms with van der Waals surface area (Å²) < 4.78 is 7.23. The maximum absolute atomic E-state index is 12.6. The number of hydrogen-bond acceptors (Lipinski definition) is 3. The van der Waals surface area contributed by atoms with Gasteiger partial charge in [0.25, 0.3) is 5.91 Å². The molecule has 0 radical (unpaired) electrons. The minimum absolute atomic E-state index is 0.0314. The van der Waals surface area contributed by atoms with Crippen molar-refractivity contribution in [2.75, 3.05) is 13.7 Å². The Morgan fingerprint density at radius 1 is 1.11 bits per heavy atom. The van der Waals surface area contributed by atoms with Gasteiger partial charge < -0.3 is 19.9 Å². The first-order chi connectivity index (χ1) is 13.7. The van der Waals surface area contributed by atoms with E-state index >= 15 is 0 Å². The van der Waals surface area contributed by atoms with Crippen LogP contribution in [0.4, 0.5) is 0 Å². The Labute approximate surface area is 165 Å². The molecule has 5 heteroatoms. The van der Waals surface area contributed by atoms with Crippen LogP contribution >= 0.6 is 0 Å². The highest BCUT2D eigenvalue weighted by molar-refractivity contribution is 5.93. The van der Waals surface area contributed by atoms with E-state index in [9.17, 15) is 4.79 Å². The SMILES string of the molecule is COc1ccc(-c2ccc(CNC(=O)c3cc4c(n3C)CCNC4)cc2)cc1. The molecule has 2 heterocycles. The molecule has 5 nitrogen and oxygen atoms in total. The summed E-state index contributed by atoms with van der Waals surface area (Å²) in [5.41, 5.74) is 6.56. The summed E-state index contributed by atoms with van der Waals surface area (Å²) in [6.45, 7) is 2.31. The predicted molar refractivity (Wildman–Crippen MR) is 110 cm³/mol. The summed E-state index contributed by atoms with van der Waals surface area (Å²) in [6, 6.07) is 18.3. The van der Waals surface area contributed by atoms with Crippen molar-refractivity contribution in [1.29, 1.82) is 0 Å². The number of benzene rings is 2. The maximum Gasteiger partial charge on any atom is 0.268 e. The number of fused-ring (bicyclic) bond motifs is 1. The molecule has 2 N–H and O–H groups in total. The molecule has 0 unspecified atom stereocenters. The van der Waals surface area contributed by atoms with E-state index in [0.717, 1.165) is 47.6 Å². The largest absolute Gasteiger partial charge is 0.497 e. The lowest BCUT2D eigenvalue weighted by Gasteiger charge is -2.14. The van der Waals surface area contributed by atoms with E-state index in [0.29, 0.717) is 6.54 Å². The molecular weight excluding hydrogens is 350 g/mol. The molecule has 1 aromatic heterocycles. The van der Waals surface area contributed by atoms with Gasteiger partial charge in [-0.1, -0.05) is 36.4 Å². The number of nitrogens with zero attached hydrogens (tertiary/aromatic N) is 1. The average molecular weight is 375 g/mol. The van der Waals surface area contributed by atoms with Crippen molar-refractivity contribution < 1.29 is 9.53 Å². The molecule has 0 bridgehead atoms. The lowest BCUT2D eigenvalue weighted by molar-refractivity contribution is 0.0942. The molecule has 1 aliphatic heterocycles. The molecule has 3 aromatic rings. The maximum atomic E-state index is 12.6. The second-order valence-corrected chi connectivity index (χ2v) is 7.10. The third-order valence-electron chi connectivity index (χ3n) is 5.36. The first-order valence-electron chi connectivity index (χ1n) is 9.55. The van der Waals surface area contributed by atoms with Crippen molar-refractivity contribution in [3.63, 3.8) is 0 Å². The Kier molecular flexibility index (Phi) is 5.17. The lowest BCUT2D eigenvalue weighted by Crippen LogP contribution is -2.26. The quantitative estimate of drug-likeness (QED) is 0.720. The first kappa shape index (κ1) is 18.3. The van der Waals surface area contributed by atoms with E-state index in [1.54, 1.807) is 7.11 Å². The van der Waals surface area contributed by atoms with Crippen molar-refractivity contribution in [2.45, 2.75) is 19.5 Å². The molecule has 0 atom stereocenters. The average Bonchev–Trinajstić information content (AvgIpc) is 3.09. The van der Waals surface area contributed by atoms with Gasteiger partial charge in [-0.2, -0.15) is 0 Å². The van der Waals surface area contributed by atoms with Crippen molar-refractivity contribution >= 4 is 5.91 Å². The molecule has 0 saturated heterocycles. The highest BCUT2D eigenvalue weighted by Crippen LogP contribution is 2.23. The monoisotopic (exact) mass is 375 g/mol. The number of methoxy groups -OCH3 is 1. The summed E-state index contributed by atoms with van der Waals surface area (Å²) in [4.78, 5) is 12.6. The number of carbonyl (C=O) groups is 1. The topological polar surface area (TPSA) is 55.3 Å². The van der Waals surface area contributed by atoms with Gasteiger partial charge in [0.2, 0.25) is 0 Å². The smallest absolute Gasteiger partial charge is 0.268 e. The molecule has 1 amide bonds. The van der Waals surface area contributed by atoms with Crippen molar-refractivity contribution in [3.8, 4) is 16.9 Å². The van der Waals surface area contributed by atoms with Gasteiger partial charge in [-0.15, -0.1) is 0 Å². The summed E-state index contributed by atoms with van der Waals surface area (Å²) in [5, 5.41) is 6.39. The Balaban J connectivity index is 1.41. The Morgan fingerprint density at radius 3 is 2.43 bits per heavy atom. The fraction of sp³-hybridized carbons (Fsp3) is 0.261. The zero-order valence-electron chi connectivity index (χ0n) is 16.3. The van der Waals surface area contributed by atoms with E-state index in [-0.39, 0.29) is 5.91 Å². The van der Waals surface area contributed by atoms with Crippen LogP contribution in [0.25, 0.3) is 11.1 Å². The fourth-order valence-corrected chi connectivity index (χ4v) is 3.71. The Morgan fingerprint density at radius 2 is 1.79 bits per heavy atom. The zero-order valence-corrected chi connectivity index (χ0v) is 16.3. The number of nitrogens with one attached hydrogen (secondary N) is 2. The minimum Gasteiger partial charge on any atom is -0.497 e. The molecule has 0 aliphatic carbocycles. The van der Waals surface area contributed by atoms with Crippen LogP contribution in [-0.2, 0) is 26.6 Å². The number of aromatic nitrogens is 1. The highest BCUT2D eigenvalue weighted by Gasteiger charge is 2.19. The van der Waals surface area contributed by atoms with Gasteiger partial charge in [-0.05, 0) is 40.5 Å². The van der Waals surface area contributed by atoms with E-state index in [1.807, 2.05) is 41.9 Å². The molecule has 28 heavy (non-hydrogen) atoms. The molecule has 144 valence electrons. The van der Waals surface area contributed by atoms with Crippen LogP contribution in [0.3, 0.4) is 0 Å². The van der Waals surface area contributed by atoms with Gasteiger partial charge in [0.1, 0.15) is 11.4 Å². The second-order valence-electron chi connectivity index (χ2n) is 7.10. The first-order valence-corrected chi connectivity index (χ1v) is 9.55. The van der Waals surface area contributed by atoms with Gasteiger partial charge in [0.15, 0.2) is 0 Å². The van der Waals surface area contributed by atoms with Crippen LogP contribution < -0.4 is 15.4 Å². The Bertz CT molecular complexity index is 972. The standard InChI is InChI=1S/C23H25N3O2/c1-26-21-11-12-24-15-19(21)13-22(26)23(27)25-14-16-3-5-17(6-4-16)18-7-9-20(28-2)10-8-18/h3-10,13,24H,11-12,14-15H2,1-2H3,(H,25,27). The number of rotatable bonds is 5. The summed E-state index contributed by atoms with van der Waals surface area (Å²) in [5.74, 6) is 0.817. The third kappa shape index (κ3) is 3.66. The van der Waals surface area contributed by atoms with E-state index in [4.69, 9.17) is 4.74 Å². The summed E-state index contributed by atoms with van der Waals surface area (Å²) in [6.07, 6.45) is 0.964. The molecular formula is C23H25N3O2. The predicted octanol–water partition coefficient (Wildman–Crippen LogP) is 3.28. The van der Waals surface area contributed by atoms with Crippen LogP contribution in [0.5, 0.6) is 5.75 Å². The van der Waals surface area contributed by atoms with Crippen molar-refractivity contribution in [2.24, 2.45) is 7.05 Å². The van der Waals surface area contributed by atoms with Crippen molar-refractivity contribution in [3.05, 3.63) is 77.1 Å². The fourth-order valence-electron chi connectivity index (χ4n) is 3.71. The van der Waals surface area contributed by atoms with E-state index < -0.39 is 0 Å². The summed E-state index contributed by atoms with van der Waals surface area (Å²) in [7, 11) is 3.64. The van der Waals surface area contributed by atoms with E-state index in [2.05, 4.69) is 34.9 Å². The number of hydrogen-bond donors (Lipinski definition) is 2. The zero-order chi connectivity index (χ0) is 19.5. The van der Waals surface area contributed by atoms with Gasteiger partial charge in [0, 0.05) is 38.8 Å².